The maximum atomic E-state index is 12.3. The molecule has 0 spiro atoms. The second-order valence-electron chi connectivity index (χ2n) is 8.25. The number of aliphatic carboxylic acids is 1. The number of nitrogens with one attached hydrogen (secondary N) is 2. The van der Waals surface area contributed by atoms with Gasteiger partial charge in [-0.15, -0.1) is 0 Å². The number of hydrogen-bond donors (Lipinski definition) is 3. The molecule has 0 fully saturated rings. The third-order valence-electron chi connectivity index (χ3n) is 5.52. The molecule has 1 aromatic carbocycles. The largest absolute Gasteiger partial charge is 0.481 e. The van der Waals surface area contributed by atoms with Gasteiger partial charge in [-0.2, -0.15) is 0 Å². The van der Waals surface area contributed by atoms with Crippen molar-refractivity contribution in [2.45, 2.75) is 60.9 Å². The molecule has 0 bridgehead atoms. The first-order chi connectivity index (χ1) is 14.5. The predicted molar refractivity (Wildman–Crippen MR) is 126 cm³/mol. The minimum atomic E-state index is -0.932. The summed E-state index contributed by atoms with van der Waals surface area (Å²) in [5, 5.41) is 14.7. The lowest BCUT2D eigenvalue weighted by Crippen LogP contribution is -2.26. The molecular weight excluding hydrogens is 390 g/mol. The van der Waals surface area contributed by atoms with Crippen LogP contribution in [0.1, 0.15) is 55.0 Å². The molecule has 6 heteroatoms. The summed E-state index contributed by atoms with van der Waals surface area (Å²) < 4.78 is 0. The summed E-state index contributed by atoms with van der Waals surface area (Å²) in [7, 11) is 0. The van der Waals surface area contributed by atoms with E-state index in [1.165, 1.54) is 5.56 Å². The van der Waals surface area contributed by atoms with Crippen LogP contribution >= 0.6 is 0 Å². The lowest BCUT2D eigenvalue weighted by atomic mass is 9.85. The predicted octanol–water partition coefficient (Wildman–Crippen LogP) is 4.80. The van der Waals surface area contributed by atoms with E-state index in [0.717, 1.165) is 39.2 Å². The Labute approximate surface area is 184 Å². The summed E-state index contributed by atoms with van der Waals surface area (Å²) in [6.45, 7) is 14.3. The maximum Gasteiger partial charge on any atom is 0.305 e. The highest BCUT2D eigenvalue weighted by molar-refractivity contribution is 5.98. The molecule has 2 rings (SSSR count). The number of hydrogen-bond acceptors (Lipinski definition) is 4. The molecule has 0 aliphatic heterocycles. The van der Waals surface area contributed by atoms with Crippen molar-refractivity contribution in [1.82, 2.24) is 10.3 Å². The van der Waals surface area contributed by atoms with Gasteiger partial charge >= 0.3 is 5.97 Å². The first kappa shape index (κ1) is 24.1. The second-order valence-corrected chi connectivity index (χ2v) is 8.25. The quantitative estimate of drug-likeness (QED) is 0.531. The van der Waals surface area contributed by atoms with Gasteiger partial charge in [-0.1, -0.05) is 0 Å². The Balaban J connectivity index is 2.39. The summed E-state index contributed by atoms with van der Waals surface area (Å²) in [6.07, 6.45) is 3.69. The summed E-state index contributed by atoms with van der Waals surface area (Å²) in [6, 6.07) is 4.41. The fourth-order valence-corrected chi connectivity index (χ4v) is 3.62. The van der Waals surface area contributed by atoms with E-state index in [1.807, 2.05) is 18.3 Å². The Hall–Kier alpha value is -3.15. The molecule has 0 radical (unpaired) electrons. The number of benzene rings is 1. The van der Waals surface area contributed by atoms with Gasteiger partial charge in [-0.25, -0.2) is 4.98 Å². The van der Waals surface area contributed by atoms with Crippen LogP contribution in [0.15, 0.2) is 23.9 Å². The van der Waals surface area contributed by atoms with Gasteiger partial charge < -0.3 is 15.7 Å². The van der Waals surface area contributed by atoms with Crippen LogP contribution in [0.5, 0.6) is 0 Å². The number of carbonyl (C=O) groups excluding carboxylic acids is 1. The lowest BCUT2D eigenvalue weighted by Gasteiger charge is -2.20. The molecule has 31 heavy (non-hydrogen) atoms. The minimum absolute atomic E-state index is 0.0937. The van der Waals surface area contributed by atoms with Gasteiger partial charge in [0.1, 0.15) is 5.82 Å². The SMILES string of the molecule is CC(=Cc1c(C)c(C)c(-c2ccc(NC(C)C)nc2)c(C)c1C)C(=O)NCCC(=O)O. The van der Waals surface area contributed by atoms with Gasteiger partial charge in [-0.3, -0.25) is 9.59 Å². The van der Waals surface area contributed by atoms with E-state index in [-0.39, 0.29) is 18.9 Å². The highest BCUT2D eigenvalue weighted by Gasteiger charge is 2.16. The zero-order valence-corrected chi connectivity index (χ0v) is 19.5. The molecule has 0 atom stereocenters. The van der Waals surface area contributed by atoms with Crippen LogP contribution < -0.4 is 10.6 Å². The van der Waals surface area contributed by atoms with Crippen molar-refractivity contribution in [2.24, 2.45) is 0 Å². The number of rotatable bonds is 8. The van der Waals surface area contributed by atoms with Gasteiger partial charge in [0, 0.05) is 29.9 Å². The van der Waals surface area contributed by atoms with Crippen molar-refractivity contribution >= 4 is 23.8 Å². The fraction of sp³-hybridized carbons (Fsp3) is 0.400. The molecule has 166 valence electrons. The van der Waals surface area contributed by atoms with Crippen LogP contribution in [0.2, 0.25) is 0 Å². The van der Waals surface area contributed by atoms with Crippen LogP contribution in [-0.2, 0) is 9.59 Å². The normalized spacial score (nSPS) is 11.5. The van der Waals surface area contributed by atoms with Crippen molar-refractivity contribution in [3.63, 3.8) is 0 Å². The van der Waals surface area contributed by atoms with Gasteiger partial charge in [0.05, 0.1) is 6.42 Å². The maximum absolute atomic E-state index is 12.3. The molecule has 1 heterocycles. The molecule has 6 nitrogen and oxygen atoms in total. The van der Waals surface area contributed by atoms with E-state index in [9.17, 15) is 9.59 Å². The molecule has 1 amide bonds. The Morgan fingerprint density at radius 2 is 1.68 bits per heavy atom. The second kappa shape index (κ2) is 10.2. The number of carboxylic acid groups (broad SMARTS) is 1. The van der Waals surface area contributed by atoms with Crippen molar-refractivity contribution in [3.8, 4) is 11.1 Å². The van der Waals surface area contributed by atoms with Crippen molar-refractivity contribution in [3.05, 3.63) is 51.7 Å². The Bertz CT molecular complexity index is 977. The van der Waals surface area contributed by atoms with E-state index in [2.05, 4.69) is 63.2 Å². The Morgan fingerprint density at radius 3 is 2.16 bits per heavy atom. The number of amides is 1. The Kier molecular flexibility index (Phi) is 7.97. The zero-order chi connectivity index (χ0) is 23.3. The molecule has 2 aromatic rings. The van der Waals surface area contributed by atoms with Crippen LogP contribution in [0.4, 0.5) is 5.82 Å². The summed E-state index contributed by atoms with van der Waals surface area (Å²) >= 11 is 0. The van der Waals surface area contributed by atoms with Crippen molar-refractivity contribution in [2.75, 3.05) is 11.9 Å². The van der Waals surface area contributed by atoms with E-state index in [0.29, 0.717) is 11.6 Å². The van der Waals surface area contributed by atoms with Crippen LogP contribution in [0, 0.1) is 27.7 Å². The monoisotopic (exact) mass is 423 g/mol. The third kappa shape index (κ3) is 5.94. The average molecular weight is 424 g/mol. The van der Waals surface area contributed by atoms with Gasteiger partial charge in [0.15, 0.2) is 0 Å². The van der Waals surface area contributed by atoms with Gasteiger partial charge in [-0.05, 0) is 100 Å². The topological polar surface area (TPSA) is 91.3 Å². The molecule has 0 aliphatic rings. The van der Waals surface area contributed by atoms with E-state index < -0.39 is 5.97 Å². The highest BCUT2D eigenvalue weighted by atomic mass is 16.4. The standard InChI is InChI=1S/C25H33N3O3/c1-14(2)28-22-9-8-20(13-27-22)24-18(6)16(4)21(17(5)19(24)7)12-15(3)25(31)26-11-10-23(29)30/h8-9,12-14H,10-11H2,1-7H3,(H,26,31)(H,27,28)(H,29,30). The molecule has 3 N–H and O–H groups in total. The summed E-state index contributed by atoms with van der Waals surface area (Å²) in [5.41, 5.74) is 8.33. The van der Waals surface area contributed by atoms with Crippen molar-refractivity contribution in [1.29, 1.82) is 0 Å². The number of nitrogens with zero attached hydrogens (tertiary/aromatic N) is 1. The number of pyridine rings is 1. The van der Waals surface area contributed by atoms with Crippen LogP contribution in [-0.4, -0.2) is 34.6 Å². The highest BCUT2D eigenvalue weighted by Crippen LogP contribution is 2.35. The van der Waals surface area contributed by atoms with Gasteiger partial charge in [0.25, 0.3) is 0 Å². The Morgan fingerprint density at radius 1 is 1.06 bits per heavy atom. The van der Waals surface area contributed by atoms with E-state index in [1.54, 1.807) is 6.92 Å². The van der Waals surface area contributed by atoms with Crippen LogP contribution in [0.3, 0.4) is 0 Å². The number of aromatic nitrogens is 1. The molecular formula is C25H33N3O3. The van der Waals surface area contributed by atoms with Crippen LogP contribution in [0.25, 0.3) is 17.2 Å². The molecule has 0 saturated carbocycles. The summed E-state index contributed by atoms with van der Waals surface area (Å²) in [4.78, 5) is 27.5. The summed E-state index contributed by atoms with van der Waals surface area (Å²) in [5.74, 6) is -0.332. The molecule has 0 aliphatic carbocycles. The fourth-order valence-electron chi connectivity index (χ4n) is 3.62. The van der Waals surface area contributed by atoms with E-state index in [4.69, 9.17) is 5.11 Å². The number of carbonyl (C=O) groups is 2. The number of carboxylic acids is 1. The van der Waals surface area contributed by atoms with Crippen molar-refractivity contribution < 1.29 is 14.7 Å². The lowest BCUT2D eigenvalue weighted by molar-refractivity contribution is -0.136. The first-order valence-corrected chi connectivity index (χ1v) is 10.5. The molecule has 0 saturated heterocycles. The zero-order valence-electron chi connectivity index (χ0n) is 19.5. The molecule has 0 unspecified atom stereocenters. The minimum Gasteiger partial charge on any atom is -0.481 e. The average Bonchev–Trinajstić information content (AvgIpc) is 2.70. The van der Waals surface area contributed by atoms with E-state index >= 15 is 0 Å². The van der Waals surface area contributed by atoms with Gasteiger partial charge in [0.2, 0.25) is 5.91 Å². The third-order valence-corrected chi connectivity index (χ3v) is 5.52. The smallest absolute Gasteiger partial charge is 0.305 e. The number of anilines is 1. The first-order valence-electron chi connectivity index (χ1n) is 10.5. The molecule has 1 aromatic heterocycles.